The first-order chi connectivity index (χ1) is 11.7. The number of primary sulfonamides is 1. The second-order valence-electron chi connectivity index (χ2n) is 7.39. The van der Waals surface area contributed by atoms with Crippen LogP contribution in [0.2, 0.25) is 0 Å². The first kappa shape index (κ1) is 17.8. The van der Waals surface area contributed by atoms with E-state index in [0.29, 0.717) is 6.42 Å². The summed E-state index contributed by atoms with van der Waals surface area (Å²) in [6, 6.07) is 6.68. The lowest BCUT2D eigenvalue weighted by Crippen LogP contribution is -2.11. The smallest absolute Gasteiger partial charge is 0.225 e. The molecule has 1 aromatic rings. The average molecular weight is 359 g/mol. The maximum Gasteiger partial charge on any atom is 0.238 e. The molecule has 0 unspecified atom stereocenters. The van der Waals surface area contributed by atoms with E-state index in [-0.39, 0.29) is 16.1 Å². The van der Waals surface area contributed by atoms with E-state index < -0.39 is 10.0 Å². The summed E-state index contributed by atoms with van der Waals surface area (Å²) in [7, 11) is -3.70. The fraction of sp³-hybridized carbons (Fsp3) is 0.300. The highest BCUT2D eigenvalue weighted by Crippen LogP contribution is 2.48. The fourth-order valence-electron chi connectivity index (χ4n) is 3.43. The summed E-state index contributed by atoms with van der Waals surface area (Å²) in [5.41, 5.74) is 4.47. The molecule has 1 aromatic carbocycles. The normalized spacial score (nSPS) is 20.3. The van der Waals surface area contributed by atoms with Gasteiger partial charge in [0.05, 0.1) is 4.90 Å². The summed E-state index contributed by atoms with van der Waals surface area (Å²) in [4.78, 5) is 0.106. The monoisotopic (exact) mass is 359 g/mol. The average Bonchev–Trinajstić information content (AvgIpc) is 2.70. The van der Waals surface area contributed by atoms with E-state index in [9.17, 15) is 12.8 Å². The Morgan fingerprint density at radius 1 is 1.04 bits per heavy atom. The van der Waals surface area contributed by atoms with Crippen molar-refractivity contribution in [3.8, 4) is 0 Å². The molecule has 0 aromatic heterocycles. The minimum atomic E-state index is -3.70. The number of hydrogen-bond donors (Lipinski definition) is 1. The predicted octanol–water partition coefficient (Wildman–Crippen LogP) is 4.65. The molecule has 0 bridgehead atoms. The van der Waals surface area contributed by atoms with Gasteiger partial charge >= 0.3 is 0 Å². The van der Waals surface area contributed by atoms with E-state index >= 15 is 0 Å². The predicted molar refractivity (Wildman–Crippen MR) is 98.8 cm³/mol. The van der Waals surface area contributed by atoms with E-state index in [4.69, 9.17) is 5.14 Å². The van der Waals surface area contributed by atoms with Gasteiger partial charge in [0.15, 0.2) is 0 Å². The van der Waals surface area contributed by atoms with E-state index in [0.717, 1.165) is 24.0 Å². The van der Waals surface area contributed by atoms with Crippen LogP contribution in [-0.4, -0.2) is 8.42 Å². The molecule has 3 rings (SSSR count). The highest BCUT2D eigenvalue weighted by atomic mass is 32.2. The third-order valence-electron chi connectivity index (χ3n) is 4.61. The molecule has 0 fully saturated rings. The molecule has 0 radical (unpaired) electrons. The number of nitrogens with two attached hydrogens (primary N) is 1. The summed E-state index contributed by atoms with van der Waals surface area (Å²) in [6.45, 7) is 4.41. The minimum Gasteiger partial charge on any atom is -0.225 e. The standard InChI is InChI=1S/C20H22FNO2S/c1-20(2)12-18(14-4-3-5-16(21)9-6-14)19(13-20)15-7-10-17(11-8-15)25(22,23)24/h3-4,6-11H,5,12-13H2,1-2H3,(H2,22,23,24). The fourth-order valence-corrected chi connectivity index (χ4v) is 3.95. The van der Waals surface area contributed by atoms with Crippen LogP contribution in [0.5, 0.6) is 0 Å². The van der Waals surface area contributed by atoms with Crippen molar-refractivity contribution in [2.75, 3.05) is 0 Å². The van der Waals surface area contributed by atoms with E-state index in [1.165, 1.54) is 29.4 Å². The maximum absolute atomic E-state index is 13.5. The molecule has 0 aliphatic heterocycles. The van der Waals surface area contributed by atoms with Crippen LogP contribution in [0.3, 0.4) is 0 Å². The lowest BCUT2D eigenvalue weighted by Gasteiger charge is -2.17. The summed E-state index contributed by atoms with van der Waals surface area (Å²) >= 11 is 0. The summed E-state index contributed by atoms with van der Waals surface area (Å²) in [5, 5.41) is 5.18. The molecule has 0 saturated heterocycles. The molecule has 3 nitrogen and oxygen atoms in total. The number of benzene rings is 1. The third-order valence-corrected chi connectivity index (χ3v) is 5.54. The molecule has 2 aliphatic carbocycles. The number of sulfonamides is 1. The van der Waals surface area contributed by atoms with Crippen molar-refractivity contribution < 1.29 is 12.8 Å². The van der Waals surface area contributed by atoms with Crippen molar-refractivity contribution in [1.82, 2.24) is 0 Å². The van der Waals surface area contributed by atoms with Crippen molar-refractivity contribution in [3.05, 3.63) is 71.1 Å². The van der Waals surface area contributed by atoms with Gasteiger partial charge < -0.3 is 0 Å². The zero-order valence-electron chi connectivity index (χ0n) is 14.4. The quantitative estimate of drug-likeness (QED) is 0.854. The van der Waals surface area contributed by atoms with Gasteiger partial charge in [-0.2, -0.15) is 0 Å². The second kappa shape index (κ2) is 6.39. The molecule has 2 N–H and O–H groups in total. The van der Waals surface area contributed by atoms with Gasteiger partial charge in [-0.15, -0.1) is 0 Å². The zero-order chi connectivity index (χ0) is 18.2. The maximum atomic E-state index is 13.5. The van der Waals surface area contributed by atoms with Gasteiger partial charge in [-0.25, -0.2) is 17.9 Å². The Morgan fingerprint density at radius 2 is 1.68 bits per heavy atom. The topological polar surface area (TPSA) is 60.2 Å². The molecule has 2 aliphatic rings. The van der Waals surface area contributed by atoms with Gasteiger partial charge in [-0.1, -0.05) is 44.2 Å². The van der Waals surface area contributed by atoms with Gasteiger partial charge in [-0.05, 0) is 58.7 Å². The van der Waals surface area contributed by atoms with E-state index in [1.54, 1.807) is 12.1 Å². The summed E-state index contributed by atoms with van der Waals surface area (Å²) < 4.78 is 36.4. The van der Waals surface area contributed by atoms with Crippen LogP contribution in [-0.2, 0) is 10.0 Å². The number of hydrogen-bond acceptors (Lipinski definition) is 2. The second-order valence-corrected chi connectivity index (χ2v) is 8.95. The highest BCUT2D eigenvalue weighted by Gasteiger charge is 2.32. The lowest BCUT2D eigenvalue weighted by atomic mass is 9.87. The van der Waals surface area contributed by atoms with E-state index in [1.807, 2.05) is 18.2 Å². The van der Waals surface area contributed by atoms with Crippen LogP contribution in [0.15, 0.2) is 70.4 Å². The highest BCUT2D eigenvalue weighted by molar-refractivity contribution is 7.89. The lowest BCUT2D eigenvalue weighted by molar-refractivity contribution is 0.398. The van der Waals surface area contributed by atoms with Gasteiger partial charge in [0, 0.05) is 6.42 Å². The van der Waals surface area contributed by atoms with Crippen LogP contribution in [0.1, 0.15) is 38.7 Å². The van der Waals surface area contributed by atoms with Gasteiger partial charge in [0.1, 0.15) is 5.83 Å². The first-order valence-electron chi connectivity index (χ1n) is 8.24. The number of allylic oxidation sites excluding steroid dienone is 8. The molecule has 25 heavy (non-hydrogen) atoms. The van der Waals surface area contributed by atoms with Crippen LogP contribution in [0.25, 0.3) is 5.57 Å². The van der Waals surface area contributed by atoms with E-state index in [2.05, 4.69) is 13.8 Å². The number of halogens is 1. The molecule has 5 heteroatoms. The molecule has 0 amide bonds. The molecular weight excluding hydrogens is 337 g/mol. The van der Waals surface area contributed by atoms with Crippen LogP contribution < -0.4 is 5.14 Å². The molecule has 0 atom stereocenters. The van der Waals surface area contributed by atoms with Crippen molar-refractivity contribution in [3.63, 3.8) is 0 Å². The van der Waals surface area contributed by atoms with Crippen LogP contribution in [0, 0.1) is 5.41 Å². The Morgan fingerprint density at radius 3 is 2.32 bits per heavy atom. The molecule has 0 heterocycles. The summed E-state index contributed by atoms with van der Waals surface area (Å²) in [5.74, 6) is -0.150. The van der Waals surface area contributed by atoms with Crippen molar-refractivity contribution in [2.24, 2.45) is 10.6 Å². The van der Waals surface area contributed by atoms with Crippen LogP contribution >= 0.6 is 0 Å². The molecule has 0 saturated carbocycles. The van der Waals surface area contributed by atoms with Crippen molar-refractivity contribution in [1.29, 1.82) is 0 Å². The Hall–Kier alpha value is -1.98. The molecular formula is C20H22FNO2S. The first-order valence-corrected chi connectivity index (χ1v) is 9.79. The molecule has 0 spiro atoms. The van der Waals surface area contributed by atoms with Crippen molar-refractivity contribution >= 4 is 15.6 Å². The van der Waals surface area contributed by atoms with Crippen molar-refractivity contribution in [2.45, 2.75) is 38.0 Å². The Kier molecular flexibility index (Phi) is 4.56. The largest absolute Gasteiger partial charge is 0.238 e. The Balaban J connectivity index is 2.07. The molecule has 132 valence electrons. The van der Waals surface area contributed by atoms with Gasteiger partial charge in [0.2, 0.25) is 10.0 Å². The van der Waals surface area contributed by atoms with Crippen LogP contribution in [0.4, 0.5) is 4.39 Å². The zero-order valence-corrected chi connectivity index (χ0v) is 15.2. The Bertz CT molecular complexity index is 917. The minimum absolute atomic E-state index is 0.104. The SMILES string of the molecule is CC1(C)CC(C2=CC=C(F)CC=C2)=C(c2ccc(S(N)(=O)=O)cc2)C1. The Labute approximate surface area is 148 Å². The number of rotatable bonds is 3. The summed E-state index contributed by atoms with van der Waals surface area (Å²) in [6.07, 6.45) is 9.25. The third kappa shape index (κ3) is 3.99. The van der Waals surface area contributed by atoms with Gasteiger partial charge in [0.25, 0.3) is 0 Å². The van der Waals surface area contributed by atoms with Gasteiger partial charge in [-0.3, -0.25) is 0 Å².